The number of halogens is 1. The van der Waals surface area contributed by atoms with Crippen molar-refractivity contribution < 1.29 is 19.0 Å². The number of pyridine rings is 1. The molecule has 1 unspecified atom stereocenters. The zero-order chi connectivity index (χ0) is 15.5. The summed E-state index contributed by atoms with van der Waals surface area (Å²) in [6.07, 6.45) is 1.47. The minimum absolute atomic E-state index is 0.377. The molecule has 2 rings (SSSR count). The molecule has 0 saturated heterocycles. The standard InChI is InChI=1S/C16H18FNO3/c1-4-16(19,15-6-5-12(17)10-18-15)11-7-13(20-2)9-14(8-11)21-3/h5-10,19H,4H2,1-3H3. The number of rotatable bonds is 5. The lowest BCUT2D eigenvalue weighted by Gasteiger charge is -2.27. The molecular weight excluding hydrogens is 273 g/mol. The van der Waals surface area contributed by atoms with E-state index in [1.165, 1.54) is 12.1 Å². The van der Waals surface area contributed by atoms with E-state index in [0.717, 1.165) is 6.20 Å². The highest BCUT2D eigenvalue weighted by Gasteiger charge is 2.32. The van der Waals surface area contributed by atoms with Crippen molar-refractivity contribution >= 4 is 0 Å². The maximum absolute atomic E-state index is 13.0. The van der Waals surface area contributed by atoms with Gasteiger partial charge in [0, 0.05) is 6.07 Å². The summed E-state index contributed by atoms with van der Waals surface area (Å²) >= 11 is 0. The highest BCUT2D eigenvalue weighted by atomic mass is 19.1. The SMILES string of the molecule is CCC(O)(c1cc(OC)cc(OC)c1)c1ccc(F)cn1. The number of hydrogen-bond donors (Lipinski definition) is 1. The van der Waals surface area contributed by atoms with Crippen LogP contribution in [0.5, 0.6) is 11.5 Å². The Balaban J connectivity index is 2.56. The van der Waals surface area contributed by atoms with Gasteiger partial charge in [-0.2, -0.15) is 0 Å². The Kier molecular flexibility index (Phi) is 4.43. The van der Waals surface area contributed by atoms with Gasteiger partial charge >= 0.3 is 0 Å². The second-order valence-corrected chi connectivity index (χ2v) is 4.68. The zero-order valence-corrected chi connectivity index (χ0v) is 12.3. The Morgan fingerprint density at radius 1 is 1.14 bits per heavy atom. The van der Waals surface area contributed by atoms with E-state index >= 15 is 0 Å². The first kappa shape index (κ1) is 15.3. The van der Waals surface area contributed by atoms with Gasteiger partial charge in [-0.15, -0.1) is 0 Å². The van der Waals surface area contributed by atoms with Crippen LogP contribution in [-0.2, 0) is 5.60 Å². The fraction of sp³-hybridized carbons (Fsp3) is 0.312. The normalized spacial score (nSPS) is 13.6. The van der Waals surface area contributed by atoms with Gasteiger partial charge in [-0.25, -0.2) is 4.39 Å². The summed E-state index contributed by atoms with van der Waals surface area (Å²) in [4.78, 5) is 4.00. The Bertz CT molecular complexity index is 593. The van der Waals surface area contributed by atoms with Crippen LogP contribution in [0.3, 0.4) is 0 Å². The lowest BCUT2D eigenvalue weighted by atomic mass is 9.87. The number of aliphatic hydroxyl groups is 1. The molecule has 0 aliphatic heterocycles. The molecule has 2 aromatic rings. The Hall–Kier alpha value is -2.14. The third-order valence-corrected chi connectivity index (χ3v) is 3.49. The van der Waals surface area contributed by atoms with Crippen molar-refractivity contribution in [3.63, 3.8) is 0 Å². The van der Waals surface area contributed by atoms with Crippen LogP contribution in [0.1, 0.15) is 24.6 Å². The zero-order valence-electron chi connectivity index (χ0n) is 12.3. The lowest BCUT2D eigenvalue weighted by molar-refractivity contribution is 0.0713. The van der Waals surface area contributed by atoms with E-state index in [1.807, 2.05) is 6.92 Å². The quantitative estimate of drug-likeness (QED) is 0.920. The molecule has 21 heavy (non-hydrogen) atoms. The van der Waals surface area contributed by atoms with Crippen molar-refractivity contribution in [2.24, 2.45) is 0 Å². The van der Waals surface area contributed by atoms with Crippen LogP contribution >= 0.6 is 0 Å². The van der Waals surface area contributed by atoms with E-state index in [0.29, 0.717) is 29.2 Å². The van der Waals surface area contributed by atoms with Crippen LogP contribution in [-0.4, -0.2) is 24.3 Å². The van der Waals surface area contributed by atoms with E-state index in [1.54, 1.807) is 32.4 Å². The van der Waals surface area contributed by atoms with Gasteiger partial charge in [0.2, 0.25) is 0 Å². The third kappa shape index (κ3) is 2.97. The molecule has 1 aromatic carbocycles. The first-order chi connectivity index (χ1) is 10.0. The molecule has 0 saturated carbocycles. The topological polar surface area (TPSA) is 51.6 Å². The summed E-state index contributed by atoms with van der Waals surface area (Å²) in [6, 6.07) is 7.91. The summed E-state index contributed by atoms with van der Waals surface area (Å²) in [5.41, 5.74) is -0.378. The van der Waals surface area contributed by atoms with Crippen molar-refractivity contribution in [3.05, 3.63) is 53.6 Å². The number of aromatic nitrogens is 1. The summed E-state index contributed by atoms with van der Waals surface area (Å²) in [5.74, 6) is 0.692. The average molecular weight is 291 g/mol. The fourth-order valence-corrected chi connectivity index (χ4v) is 2.20. The predicted molar refractivity (Wildman–Crippen MR) is 77.0 cm³/mol. The molecule has 4 nitrogen and oxygen atoms in total. The molecule has 5 heteroatoms. The number of hydrogen-bond acceptors (Lipinski definition) is 4. The van der Waals surface area contributed by atoms with Crippen molar-refractivity contribution in [3.8, 4) is 11.5 Å². The molecule has 0 spiro atoms. The predicted octanol–water partition coefficient (Wildman–Crippen LogP) is 2.88. The molecule has 1 aromatic heterocycles. The number of benzene rings is 1. The summed E-state index contributed by atoms with van der Waals surface area (Å²) < 4.78 is 23.5. The first-order valence-electron chi connectivity index (χ1n) is 6.61. The molecular formula is C16H18FNO3. The van der Waals surface area contributed by atoms with Crippen molar-refractivity contribution in [1.82, 2.24) is 4.98 Å². The van der Waals surface area contributed by atoms with E-state index < -0.39 is 11.4 Å². The lowest BCUT2D eigenvalue weighted by Crippen LogP contribution is -2.27. The molecule has 1 heterocycles. The summed E-state index contributed by atoms with van der Waals surface area (Å²) in [5, 5.41) is 11.0. The van der Waals surface area contributed by atoms with Gasteiger partial charge < -0.3 is 14.6 Å². The van der Waals surface area contributed by atoms with Crippen LogP contribution < -0.4 is 9.47 Å². The van der Waals surface area contributed by atoms with E-state index in [4.69, 9.17) is 9.47 Å². The summed E-state index contributed by atoms with van der Waals surface area (Å²) in [6.45, 7) is 1.83. The fourth-order valence-electron chi connectivity index (χ4n) is 2.20. The van der Waals surface area contributed by atoms with Gasteiger partial charge in [-0.05, 0) is 36.2 Å². The summed E-state index contributed by atoms with van der Waals surface area (Å²) in [7, 11) is 3.08. The molecule has 0 aliphatic rings. The van der Waals surface area contributed by atoms with E-state index in [2.05, 4.69) is 4.98 Å². The highest BCUT2D eigenvalue weighted by molar-refractivity contribution is 5.44. The van der Waals surface area contributed by atoms with Gasteiger partial charge in [-0.1, -0.05) is 6.92 Å². The van der Waals surface area contributed by atoms with Gasteiger partial charge in [0.25, 0.3) is 0 Å². The van der Waals surface area contributed by atoms with Crippen molar-refractivity contribution in [2.45, 2.75) is 18.9 Å². The third-order valence-electron chi connectivity index (χ3n) is 3.49. The Morgan fingerprint density at radius 2 is 1.76 bits per heavy atom. The van der Waals surface area contributed by atoms with Crippen LogP contribution in [0.4, 0.5) is 4.39 Å². The average Bonchev–Trinajstić information content (AvgIpc) is 2.54. The Labute approximate surface area is 123 Å². The largest absolute Gasteiger partial charge is 0.497 e. The molecule has 0 fully saturated rings. The van der Waals surface area contributed by atoms with Crippen molar-refractivity contribution in [2.75, 3.05) is 14.2 Å². The van der Waals surface area contributed by atoms with Gasteiger partial charge in [0.15, 0.2) is 0 Å². The Morgan fingerprint density at radius 3 is 2.19 bits per heavy atom. The molecule has 0 radical (unpaired) electrons. The maximum atomic E-state index is 13.0. The second kappa shape index (κ2) is 6.10. The van der Waals surface area contributed by atoms with Gasteiger partial charge in [0.05, 0.1) is 26.1 Å². The van der Waals surface area contributed by atoms with Crippen LogP contribution in [0, 0.1) is 5.82 Å². The van der Waals surface area contributed by atoms with Crippen molar-refractivity contribution in [1.29, 1.82) is 0 Å². The second-order valence-electron chi connectivity index (χ2n) is 4.68. The molecule has 0 bridgehead atoms. The highest BCUT2D eigenvalue weighted by Crippen LogP contribution is 2.36. The number of methoxy groups -OCH3 is 2. The van der Waals surface area contributed by atoms with E-state index in [-0.39, 0.29) is 0 Å². The van der Waals surface area contributed by atoms with Gasteiger partial charge in [-0.3, -0.25) is 4.98 Å². The molecule has 0 aliphatic carbocycles. The first-order valence-corrected chi connectivity index (χ1v) is 6.61. The molecule has 1 atom stereocenters. The minimum atomic E-state index is -1.34. The maximum Gasteiger partial charge on any atom is 0.141 e. The van der Waals surface area contributed by atoms with Crippen LogP contribution in [0.25, 0.3) is 0 Å². The molecule has 0 amide bonds. The van der Waals surface area contributed by atoms with Crippen LogP contribution in [0.15, 0.2) is 36.5 Å². The van der Waals surface area contributed by atoms with Crippen LogP contribution in [0.2, 0.25) is 0 Å². The molecule has 1 N–H and O–H groups in total. The monoisotopic (exact) mass is 291 g/mol. The van der Waals surface area contributed by atoms with E-state index in [9.17, 15) is 9.50 Å². The number of ether oxygens (including phenoxy) is 2. The molecule has 112 valence electrons. The number of nitrogens with zero attached hydrogens (tertiary/aromatic N) is 1. The minimum Gasteiger partial charge on any atom is -0.497 e. The smallest absolute Gasteiger partial charge is 0.141 e. The van der Waals surface area contributed by atoms with Gasteiger partial charge in [0.1, 0.15) is 22.9 Å².